The Morgan fingerprint density at radius 3 is 3.18 bits per heavy atom. The van der Waals surface area contributed by atoms with Gasteiger partial charge in [-0.1, -0.05) is 5.16 Å². The van der Waals surface area contributed by atoms with Crippen LogP contribution in [0.4, 0.5) is 0 Å². The van der Waals surface area contributed by atoms with Crippen LogP contribution in [-0.4, -0.2) is 28.2 Å². The molecule has 1 unspecified atom stereocenters. The van der Waals surface area contributed by atoms with E-state index in [0.717, 1.165) is 35.2 Å². The molecule has 0 spiro atoms. The van der Waals surface area contributed by atoms with E-state index < -0.39 is 0 Å². The molecule has 1 atom stereocenters. The zero-order valence-corrected chi connectivity index (χ0v) is 10.5. The Morgan fingerprint density at radius 1 is 1.53 bits per heavy atom. The number of aryl methyl sites for hydroxylation is 1. The van der Waals surface area contributed by atoms with Gasteiger partial charge in [0.25, 0.3) is 5.89 Å². The lowest BCUT2D eigenvalue weighted by Gasteiger charge is -2.19. The zero-order valence-electron chi connectivity index (χ0n) is 9.64. The first-order chi connectivity index (χ1) is 8.33. The van der Waals surface area contributed by atoms with Crippen LogP contribution in [0.2, 0.25) is 0 Å². The summed E-state index contributed by atoms with van der Waals surface area (Å²) in [5.74, 6) is 1.80. The highest BCUT2D eigenvalue weighted by Gasteiger charge is 2.21. The lowest BCUT2D eigenvalue weighted by Crippen LogP contribution is -2.28. The van der Waals surface area contributed by atoms with Gasteiger partial charge in [0.1, 0.15) is 4.88 Å². The smallest absolute Gasteiger partial charge is 0.269 e. The molecule has 0 saturated carbocycles. The van der Waals surface area contributed by atoms with Crippen LogP contribution >= 0.6 is 11.3 Å². The number of rotatable bonds is 2. The molecule has 5 nitrogen and oxygen atoms in total. The van der Waals surface area contributed by atoms with Crippen LogP contribution in [-0.2, 0) is 0 Å². The van der Waals surface area contributed by atoms with Crippen molar-refractivity contribution in [2.75, 3.05) is 13.1 Å². The molecule has 90 valence electrons. The highest BCUT2D eigenvalue weighted by Crippen LogP contribution is 2.27. The molecule has 1 saturated heterocycles. The number of nitrogens with one attached hydrogen (secondary N) is 1. The second-order valence-corrected chi connectivity index (χ2v) is 5.48. The first kappa shape index (κ1) is 10.9. The lowest BCUT2D eigenvalue weighted by atomic mass is 9.99. The van der Waals surface area contributed by atoms with Gasteiger partial charge in [-0.15, -0.1) is 11.3 Å². The minimum atomic E-state index is 0.385. The molecule has 1 N–H and O–H groups in total. The molecule has 3 heterocycles. The Labute approximate surface area is 103 Å². The van der Waals surface area contributed by atoms with Crippen LogP contribution in [0.5, 0.6) is 0 Å². The molecule has 0 amide bonds. The van der Waals surface area contributed by atoms with Crippen LogP contribution in [0.3, 0.4) is 0 Å². The van der Waals surface area contributed by atoms with Gasteiger partial charge >= 0.3 is 0 Å². The van der Waals surface area contributed by atoms with Gasteiger partial charge in [0, 0.05) is 12.5 Å². The third-order valence-electron chi connectivity index (χ3n) is 2.94. The highest BCUT2D eigenvalue weighted by atomic mass is 32.1. The quantitative estimate of drug-likeness (QED) is 0.882. The minimum absolute atomic E-state index is 0.385. The van der Waals surface area contributed by atoms with Gasteiger partial charge in [-0.25, -0.2) is 4.98 Å². The zero-order chi connectivity index (χ0) is 11.7. The summed E-state index contributed by atoms with van der Waals surface area (Å²) in [5.41, 5.74) is 0. The van der Waals surface area contributed by atoms with Crippen LogP contribution in [0.25, 0.3) is 10.8 Å². The predicted molar refractivity (Wildman–Crippen MR) is 65.0 cm³/mol. The molecule has 0 aromatic carbocycles. The summed E-state index contributed by atoms with van der Waals surface area (Å²) in [5, 5.41) is 8.45. The lowest BCUT2D eigenvalue weighted by molar-refractivity contribution is 0.393. The summed E-state index contributed by atoms with van der Waals surface area (Å²) < 4.78 is 5.30. The molecule has 17 heavy (non-hydrogen) atoms. The Bertz CT molecular complexity index is 501. The number of hydrogen-bond acceptors (Lipinski definition) is 6. The van der Waals surface area contributed by atoms with Crippen molar-refractivity contribution >= 4 is 11.3 Å². The molecule has 6 heteroatoms. The highest BCUT2D eigenvalue weighted by molar-refractivity contribution is 7.14. The number of piperidine rings is 1. The minimum Gasteiger partial charge on any atom is -0.333 e. The summed E-state index contributed by atoms with van der Waals surface area (Å²) in [6.45, 7) is 4.01. The van der Waals surface area contributed by atoms with Crippen molar-refractivity contribution in [1.29, 1.82) is 0 Å². The summed E-state index contributed by atoms with van der Waals surface area (Å²) in [7, 11) is 0. The number of aromatic nitrogens is 3. The summed E-state index contributed by atoms with van der Waals surface area (Å²) in [6, 6.07) is 0. The molecular formula is C11H14N4OS. The van der Waals surface area contributed by atoms with Gasteiger partial charge in [-0.3, -0.25) is 0 Å². The van der Waals surface area contributed by atoms with E-state index in [4.69, 9.17) is 4.52 Å². The summed E-state index contributed by atoms with van der Waals surface area (Å²) in [6.07, 6.45) is 4.10. The van der Waals surface area contributed by atoms with E-state index in [0.29, 0.717) is 11.8 Å². The topological polar surface area (TPSA) is 63.8 Å². The van der Waals surface area contributed by atoms with Crippen molar-refractivity contribution in [3.8, 4) is 10.8 Å². The molecule has 1 aliphatic rings. The summed E-state index contributed by atoms with van der Waals surface area (Å²) in [4.78, 5) is 9.61. The first-order valence-corrected chi connectivity index (χ1v) is 6.62. The van der Waals surface area contributed by atoms with Crippen molar-refractivity contribution < 1.29 is 4.52 Å². The van der Waals surface area contributed by atoms with Crippen molar-refractivity contribution in [2.45, 2.75) is 25.7 Å². The number of nitrogens with zero attached hydrogens (tertiary/aromatic N) is 3. The predicted octanol–water partition coefficient (Wildman–Crippen LogP) is 1.97. The molecule has 2 aromatic heterocycles. The second kappa shape index (κ2) is 4.54. The van der Waals surface area contributed by atoms with Gasteiger partial charge in [0.15, 0.2) is 5.82 Å². The molecule has 3 rings (SSSR count). The van der Waals surface area contributed by atoms with E-state index in [1.807, 2.05) is 6.92 Å². The van der Waals surface area contributed by atoms with Crippen LogP contribution in [0.1, 0.15) is 29.6 Å². The molecule has 0 bridgehead atoms. The van der Waals surface area contributed by atoms with Gasteiger partial charge in [-0.2, -0.15) is 4.98 Å². The van der Waals surface area contributed by atoms with Crippen molar-refractivity contribution in [2.24, 2.45) is 0 Å². The molecule has 1 fully saturated rings. The number of hydrogen-bond donors (Lipinski definition) is 1. The molecule has 1 aliphatic heterocycles. The monoisotopic (exact) mass is 250 g/mol. The van der Waals surface area contributed by atoms with Crippen molar-refractivity contribution in [1.82, 2.24) is 20.4 Å². The fourth-order valence-corrected chi connectivity index (χ4v) is 2.73. The van der Waals surface area contributed by atoms with Gasteiger partial charge in [-0.05, 0) is 26.3 Å². The van der Waals surface area contributed by atoms with Gasteiger partial charge in [0.2, 0.25) is 0 Å². The SMILES string of the molecule is Cc1ncc(-c2nc(C3CCCNC3)no2)s1. The average Bonchev–Trinajstić information content (AvgIpc) is 2.98. The Balaban J connectivity index is 1.82. The van der Waals surface area contributed by atoms with E-state index in [-0.39, 0.29) is 0 Å². The molecule has 0 aliphatic carbocycles. The van der Waals surface area contributed by atoms with E-state index in [9.17, 15) is 0 Å². The second-order valence-electron chi connectivity index (χ2n) is 4.24. The normalized spacial score (nSPS) is 20.6. The van der Waals surface area contributed by atoms with E-state index in [1.165, 1.54) is 6.42 Å². The average molecular weight is 250 g/mol. The van der Waals surface area contributed by atoms with Gasteiger partial charge in [0.05, 0.1) is 11.2 Å². The van der Waals surface area contributed by atoms with Gasteiger partial charge < -0.3 is 9.84 Å². The first-order valence-electron chi connectivity index (χ1n) is 5.80. The Hall–Kier alpha value is -1.27. The Kier molecular flexibility index (Phi) is 2.90. The van der Waals surface area contributed by atoms with Crippen molar-refractivity contribution in [3.63, 3.8) is 0 Å². The van der Waals surface area contributed by atoms with Crippen molar-refractivity contribution in [3.05, 3.63) is 17.0 Å². The fraction of sp³-hybridized carbons (Fsp3) is 0.545. The third-order valence-corrected chi connectivity index (χ3v) is 3.84. The number of thiazole rings is 1. The molecular weight excluding hydrogens is 236 g/mol. The standard InChI is InChI=1S/C11H14N4OS/c1-7-13-6-9(17-7)11-14-10(15-16-11)8-3-2-4-12-5-8/h6,8,12H,2-5H2,1H3. The largest absolute Gasteiger partial charge is 0.333 e. The van der Waals surface area contributed by atoms with E-state index in [2.05, 4.69) is 20.4 Å². The fourth-order valence-electron chi connectivity index (χ4n) is 2.03. The van der Waals surface area contributed by atoms with Crippen LogP contribution in [0.15, 0.2) is 10.7 Å². The van der Waals surface area contributed by atoms with Crippen LogP contribution < -0.4 is 5.32 Å². The van der Waals surface area contributed by atoms with Crippen LogP contribution in [0, 0.1) is 6.92 Å². The third kappa shape index (κ3) is 2.23. The maximum absolute atomic E-state index is 5.30. The van der Waals surface area contributed by atoms with E-state index in [1.54, 1.807) is 17.5 Å². The molecule has 0 radical (unpaired) electrons. The maximum Gasteiger partial charge on any atom is 0.269 e. The van der Waals surface area contributed by atoms with E-state index >= 15 is 0 Å². The Morgan fingerprint density at radius 2 is 2.47 bits per heavy atom. The molecule has 2 aromatic rings. The maximum atomic E-state index is 5.30. The summed E-state index contributed by atoms with van der Waals surface area (Å²) >= 11 is 1.58.